The van der Waals surface area contributed by atoms with Gasteiger partial charge in [-0.15, -0.1) is 13.2 Å². The first-order valence-electron chi connectivity index (χ1n) is 11.1. The van der Waals surface area contributed by atoms with Gasteiger partial charge >= 0.3 is 12.3 Å². The van der Waals surface area contributed by atoms with Gasteiger partial charge in [-0.1, -0.05) is 74.0 Å². The third-order valence-corrected chi connectivity index (χ3v) is 5.76. The molecule has 0 saturated heterocycles. The average molecular weight is 467 g/mol. The maximum absolute atomic E-state index is 12.9. The van der Waals surface area contributed by atoms with Gasteiger partial charge in [0.1, 0.15) is 11.4 Å². The predicted octanol–water partition coefficient (Wildman–Crippen LogP) is 7.30. The summed E-state index contributed by atoms with van der Waals surface area (Å²) in [5.41, 5.74) is 3.32. The van der Waals surface area contributed by atoms with Gasteiger partial charge in [0.15, 0.2) is 0 Å². The topological polar surface area (TPSA) is 51.5 Å². The molecule has 0 aliphatic carbocycles. The van der Waals surface area contributed by atoms with Gasteiger partial charge in [0.25, 0.3) is 0 Å². The molecule has 0 amide bonds. The van der Waals surface area contributed by atoms with Crippen molar-refractivity contribution in [1.82, 2.24) is 4.57 Å². The van der Waals surface area contributed by atoms with Gasteiger partial charge in [-0.3, -0.25) is 0 Å². The minimum Gasteiger partial charge on any atom is -0.477 e. The van der Waals surface area contributed by atoms with Crippen LogP contribution in [0.15, 0.2) is 72.8 Å². The molecule has 0 radical (unpaired) electrons. The number of carboxylic acids is 1. The Balaban J connectivity index is 1.85. The van der Waals surface area contributed by atoms with Gasteiger partial charge < -0.3 is 14.4 Å². The third kappa shape index (κ3) is 4.93. The van der Waals surface area contributed by atoms with Crippen molar-refractivity contribution in [3.05, 3.63) is 89.6 Å². The summed E-state index contributed by atoms with van der Waals surface area (Å²) < 4.78 is 44.5. The van der Waals surface area contributed by atoms with Gasteiger partial charge in [-0.2, -0.15) is 0 Å². The highest BCUT2D eigenvalue weighted by molar-refractivity contribution is 6.08. The van der Waals surface area contributed by atoms with E-state index in [2.05, 4.69) is 11.7 Å². The number of benzene rings is 3. The Hall–Kier alpha value is -3.74. The molecule has 0 spiro atoms. The zero-order valence-electron chi connectivity index (χ0n) is 18.6. The van der Waals surface area contributed by atoms with Crippen molar-refractivity contribution in [2.45, 2.75) is 39.1 Å². The van der Waals surface area contributed by atoms with E-state index >= 15 is 0 Å². The van der Waals surface area contributed by atoms with Crippen LogP contribution >= 0.6 is 0 Å². The van der Waals surface area contributed by atoms with E-state index in [0.717, 1.165) is 30.2 Å². The van der Waals surface area contributed by atoms with Crippen LogP contribution in [0.4, 0.5) is 13.2 Å². The highest BCUT2D eigenvalue weighted by Gasteiger charge is 2.32. The monoisotopic (exact) mass is 467 g/mol. The van der Waals surface area contributed by atoms with E-state index < -0.39 is 12.3 Å². The molecule has 0 atom stereocenters. The summed E-state index contributed by atoms with van der Waals surface area (Å²) >= 11 is 0. The Kier molecular flexibility index (Phi) is 6.63. The SMILES string of the molecule is CCCCc1ccc(-c2c(C(=O)O)n(Cc3ccccc3OC(F)(F)F)c3ccccc23)cc1. The number of hydrogen-bond donors (Lipinski definition) is 1. The molecular formula is C27H24F3NO3. The maximum Gasteiger partial charge on any atom is 0.573 e. The summed E-state index contributed by atoms with van der Waals surface area (Å²) in [6, 6.07) is 20.8. The van der Waals surface area contributed by atoms with Crippen molar-refractivity contribution in [2.24, 2.45) is 0 Å². The smallest absolute Gasteiger partial charge is 0.477 e. The molecule has 0 saturated carbocycles. The highest BCUT2D eigenvalue weighted by atomic mass is 19.4. The fourth-order valence-corrected chi connectivity index (χ4v) is 4.23. The van der Waals surface area contributed by atoms with Crippen LogP contribution in [0.25, 0.3) is 22.0 Å². The number of unbranched alkanes of at least 4 members (excludes halogenated alkanes) is 1. The van der Waals surface area contributed by atoms with Gasteiger partial charge in [0, 0.05) is 22.0 Å². The van der Waals surface area contributed by atoms with Gasteiger partial charge in [0.05, 0.1) is 6.54 Å². The molecule has 0 unspecified atom stereocenters. The van der Waals surface area contributed by atoms with E-state index in [9.17, 15) is 23.1 Å². The number of rotatable bonds is 8. The van der Waals surface area contributed by atoms with Crippen LogP contribution in [0.2, 0.25) is 0 Å². The lowest BCUT2D eigenvalue weighted by Crippen LogP contribution is -2.19. The van der Waals surface area contributed by atoms with Gasteiger partial charge in [-0.25, -0.2) is 4.79 Å². The van der Waals surface area contributed by atoms with Crippen LogP contribution in [-0.2, 0) is 13.0 Å². The minimum absolute atomic E-state index is 0.0179. The van der Waals surface area contributed by atoms with Crippen molar-refractivity contribution in [3.8, 4) is 16.9 Å². The highest BCUT2D eigenvalue weighted by Crippen LogP contribution is 2.37. The quantitative estimate of drug-likeness (QED) is 0.296. The molecule has 7 heteroatoms. The summed E-state index contributed by atoms with van der Waals surface area (Å²) in [7, 11) is 0. The molecule has 34 heavy (non-hydrogen) atoms. The van der Waals surface area contributed by atoms with Crippen molar-refractivity contribution in [1.29, 1.82) is 0 Å². The number of halogens is 3. The first-order valence-corrected chi connectivity index (χ1v) is 11.1. The Labute approximate surface area is 195 Å². The van der Waals surface area contributed by atoms with Crippen LogP contribution < -0.4 is 4.74 Å². The van der Waals surface area contributed by atoms with Crippen LogP contribution in [0.5, 0.6) is 5.75 Å². The van der Waals surface area contributed by atoms with Crippen LogP contribution in [0.3, 0.4) is 0 Å². The predicted molar refractivity (Wildman–Crippen MR) is 125 cm³/mol. The molecule has 0 aliphatic heterocycles. The third-order valence-electron chi connectivity index (χ3n) is 5.76. The molecule has 176 valence electrons. The number of nitrogens with zero attached hydrogens (tertiary/aromatic N) is 1. The van der Waals surface area contributed by atoms with Crippen LogP contribution in [-0.4, -0.2) is 22.0 Å². The van der Waals surface area contributed by atoms with Crippen molar-refractivity contribution < 1.29 is 27.8 Å². The van der Waals surface area contributed by atoms with E-state index in [1.54, 1.807) is 18.2 Å². The van der Waals surface area contributed by atoms with E-state index in [-0.39, 0.29) is 23.6 Å². The zero-order valence-corrected chi connectivity index (χ0v) is 18.6. The molecule has 0 bridgehead atoms. The first kappa shape index (κ1) is 23.4. The number of hydrogen-bond acceptors (Lipinski definition) is 2. The number of fused-ring (bicyclic) bond motifs is 1. The summed E-state index contributed by atoms with van der Waals surface area (Å²) in [4.78, 5) is 12.5. The normalized spacial score (nSPS) is 11.6. The number of aromatic carboxylic acids is 1. The van der Waals surface area contributed by atoms with Crippen molar-refractivity contribution in [3.63, 3.8) is 0 Å². The molecule has 4 rings (SSSR count). The molecule has 0 fully saturated rings. The number of aromatic nitrogens is 1. The van der Waals surface area contributed by atoms with Crippen LogP contribution in [0, 0.1) is 0 Å². The number of alkyl halides is 3. The van der Waals surface area contributed by atoms with E-state index in [0.29, 0.717) is 11.1 Å². The summed E-state index contributed by atoms with van der Waals surface area (Å²) in [5, 5.41) is 10.9. The molecule has 1 aromatic heterocycles. The first-order chi connectivity index (χ1) is 16.3. The molecule has 0 aliphatic rings. The molecule has 4 aromatic rings. The lowest BCUT2D eigenvalue weighted by Gasteiger charge is -2.15. The van der Waals surface area contributed by atoms with Crippen LogP contribution in [0.1, 0.15) is 41.4 Å². The Morgan fingerprint density at radius 3 is 2.32 bits per heavy atom. The second-order valence-corrected chi connectivity index (χ2v) is 8.09. The number of ether oxygens (including phenoxy) is 1. The molecule has 1 N–H and O–H groups in total. The molecule has 1 heterocycles. The van der Waals surface area contributed by atoms with Gasteiger partial charge in [0.2, 0.25) is 0 Å². The standard InChI is InChI=1S/C27H24F3NO3/c1-2-3-8-18-13-15-19(16-14-18)24-21-10-5-6-11-22(21)31(25(24)26(32)33)17-20-9-4-7-12-23(20)34-27(28,29)30/h4-7,9-16H,2-3,8,17H2,1H3,(H,32,33). The van der Waals surface area contributed by atoms with Gasteiger partial charge in [-0.05, 0) is 36.1 Å². The summed E-state index contributed by atoms with van der Waals surface area (Å²) in [5.74, 6) is -1.51. The van der Waals surface area contributed by atoms with E-state index in [1.165, 1.54) is 28.3 Å². The lowest BCUT2D eigenvalue weighted by atomic mass is 9.99. The van der Waals surface area contributed by atoms with Crippen molar-refractivity contribution in [2.75, 3.05) is 0 Å². The minimum atomic E-state index is -4.85. The number of carboxylic acid groups (broad SMARTS) is 1. The number of aryl methyl sites for hydroxylation is 1. The molecular weight excluding hydrogens is 443 g/mol. The second kappa shape index (κ2) is 9.63. The largest absolute Gasteiger partial charge is 0.573 e. The van der Waals surface area contributed by atoms with E-state index in [4.69, 9.17) is 0 Å². The Morgan fingerprint density at radius 2 is 1.65 bits per heavy atom. The Bertz CT molecular complexity index is 1310. The summed E-state index contributed by atoms with van der Waals surface area (Å²) in [6.45, 7) is 2.03. The molecule has 3 aromatic carbocycles. The summed E-state index contributed by atoms with van der Waals surface area (Å²) in [6.07, 6.45) is -1.76. The Morgan fingerprint density at radius 1 is 0.971 bits per heavy atom. The number of carbonyl (C=O) groups is 1. The zero-order chi connectivity index (χ0) is 24.3. The number of para-hydroxylation sites is 2. The maximum atomic E-state index is 12.9. The average Bonchev–Trinajstić information content (AvgIpc) is 3.13. The fourth-order valence-electron chi connectivity index (χ4n) is 4.23. The van der Waals surface area contributed by atoms with E-state index in [1.807, 2.05) is 36.4 Å². The van der Waals surface area contributed by atoms with Crippen molar-refractivity contribution >= 4 is 16.9 Å². The lowest BCUT2D eigenvalue weighted by molar-refractivity contribution is -0.274. The second-order valence-electron chi connectivity index (χ2n) is 8.09. The fraction of sp³-hybridized carbons (Fsp3) is 0.222. The molecule has 4 nitrogen and oxygen atoms in total.